The Morgan fingerprint density at radius 1 is 0.800 bits per heavy atom. The van der Waals surface area contributed by atoms with Crippen molar-refractivity contribution in [2.75, 3.05) is 0 Å². The van der Waals surface area contributed by atoms with E-state index in [1.165, 1.54) is 39.0 Å². The van der Waals surface area contributed by atoms with Gasteiger partial charge in [0.05, 0.1) is 18.5 Å². The summed E-state index contributed by atoms with van der Waals surface area (Å²) in [4.78, 5) is 0. The smallest absolute Gasteiger partial charge is 0.0923 e. The number of rotatable bonds is 2. The van der Waals surface area contributed by atoms with Crippen LogP contribution in [-0.4, -0.2) is 9.52 Å². The van der Waals surface area contributed by atoms with E-state index in [1.54, 1.807) is 0 Å². The van der Waals surface area contributed by atoms with Crippen LogP contribution in [0.2, 0.25) is 0 Å². The number of benzene rings is 2. The van der Waals surface area contributed by atoms with Gasteiger partial charge in [0.25, 0.3) is 0 Å². The predicted octanol–water partition coefficient (Wildman–Crippen LogP) is 5.56. The van der Waals surface area contributed by atoms with Crippen molar-refractivity contribution in [3.8, 4) is 0 Å². The molecule has 0 heterocycles. The van der Waals surface area contributed by atoms with E-state index in [2.05, 4.69) is 75.4 Å². The Kier molecular flexibility index (Phi) is 5.14. The molecule has 25 heavy (non-hydrogen) atoms. The molecule has 0 N–H and O–H groups in total. The van der Waals surface area contributed by atoms with Crippen LogP contribution in [0, 0.1) is 0 Å². The van der Waals surface area contributed by atoms with Gasteiger partial charge in [-0.1, -0.05) is 60.2 Å². The number of alkyl halides is 2. The van der Waals surface area contributed by atoms with Gasteiger partial charge in [0.15, 0.2) is 0 Å². The zero-order valence-corrected chi connectivity index (χ0v) is 20.0. The number of halogens is 2. The van der Waals surface area contributed by atoms with Crippen molar-refractivity contribution in [2.24, 2.45) is 0 Å². The fraction of sp³-hybridized carbons (Fsp3) is 0.238. The van der Waals surface area contributed by atoms with Crippen LogP contribution in [0.25, 0.3) is 11.6 Å². The van der Waals surface area contributed by atoms with Crippen LogP contribution >= 0.6 is 23.2 Å². The number of hydrogen-bond acceptors (Lipinski definition) is 0. The minimum absolute atomic E-state index is 0. The molecule has 0 bridgehead atoms. The van der Waals surface area contributed by atoms with E-state index in [0.29, 0.717) is 0 Å². The van der Waals surface area contributed by atoms with Crippen molar-refractivity contribution < 1.29 is 26.2 Å². The van der Waals surface area contributed by atoms with Gasteiger partial charge in [-0.25, -0.2) is 0 Å². The Balaban J connectivity index is 0.00000182. The Morgan fingerprint density at radius 3 is 2.12 bits per heavy atom. The summed E-state index contributed by atoms with van der Waals surface area (Å²) in [6.07, 6.45) is 2.22. The number of allylic oxidation sites excluding steroid dienone is 3. The summed E-state index contributed by atoms with van der Waals surface area (Å²) < 4.78 is -0.841. The van der Waals surface area contributed by atoms with Crippen LogP contribution in [0.1, 0.15) is 43.0 Å². The molecule has 2 aliphatic carbocycles. The van der Waals surface area contributed by atoms with Gasteiger partial charge in [-0.05, 0) is 54.2 Å². The van der Waals surface area contributed by atoms with Gasteiger partial charge in [0.1, 0.15) is 0 Å². The van der Waals surface area contributed by atoms with Crippen LogP contribution in [-0.2, 0) is 35.2 Å². The summed E-state index contributed by atoms with van der Waals surface area (Å²) in [5, 5.41) is 0. The van der Waals surface area contributed by atoms with Gasteiger partial charge in [-0.2, -0.15) is 0 Å². The quantitative estimate of drug-likeness (QED) is 0.405. The van der Waals surface area contributed by atoms with Crippen molar-refractivity contribution in [1.29, 1.82) is 0 Å². The van der Waals surface area contributed by atoms with Crippen LogP contribution in [0.5, 0.6) is 0 Å². The maximum absolute atomic E-state index is 7.34. The molecule has 0 spiro atoms. The van der Waals surface area contributed by atoms with Crippen LogP contribution in [0.15, 0.2) is 59.7 Å². The molecule has 2 aromatic rings. The monoisotopic (exact) mass is 460 g/mol. The van der Waals surface area contributed by atoms with E-state index in [0.717, 1.165) is 0 Å². The van der Waals surface area contributed by atoms with E-state index < -0.39 is 18.5 Å². The first-order chi connectivity index (χ1) is 11.4. The van der Waals surface area contributed by atoms with E-state index in [9.17, 15) is 0 Å². The summed E-state index contributed by atoms with van der Waals surface area (Å²) in [6.45, 7) is 6.50. The zero-order chi connectivity index (χ0) is 17.1. The third kappa shape index (κ3) is 2.72. The topological polar surface area (TPSA) is 0 Å². The molecule has 126 valence electrons. The number of fused-ring (bicyclic) bond motifs is 2. The SMILES string of the molecule is CC1=Cc2ccccc2C1(Cl)[SiH2]C1(Cl)C(C)=C(C)c2ccccc21.[Zr]. The van der Waals surface area contributed by atoms with Crippen LogP contribution in [0.3, 0.4) is 0 Å². The van der Waals surface area contributed by atoms with E-state index >= 15 is 0 Å². The second kappa shape index (κ2) is 6.64. The molecule has 2 aliphatic rings. The summed E-state index contributed by atoms with van der Waals surface area (Å²) in [5.41, 5.74) is 8.80. The molecule has 0 radical (unpaired) electrons. The molecule has 0 nitrogen and oxygen atoms in total. The molecule has 2 aromatic carbocycles. The first-order valence-corrected chi connectivity index (χ1v) is 10.5. The van der Waals surface area contributed by atoms with Gasteiger partial charge in [-0.3, -0.25) is 0 Å². The van der Waals surface area contributed by atoms with Crippen molar-refractivity contribution in [3.63, 3.8) is 0 Å². The summed E-state index contributed by atoms with van der Waals surface area (Å²) in [6, 6.07) is 17.0. The fourth-order valence-electron chi connectivity index (χ4n) is 4.20. The molecule has 0 aliphatic heterocycles. The minimum Gasteiger partial charge on any atom is -0.114 e. The molecular weight excluding hydrogens is 442 g/mol. The molecule has 2 unspecified atom stereocenters. The van der Waals surface area contributed by atoms with E-state index in [1.807, 2.05) is 0 Å². The Bertz CT molecular complexity index is 918. The third-order valence-corrected chi connectivity index (χ3v) is 10.4. The van der Waals surface area contributed by atoms with Gasteiger partial charge in [0.2, 0.25) is 0 Å². The molecule has 4 rings (SSSR count). The average Bonchev–Trinajstić information content (AvgIpc) is 2.93. The second-order valence-corrected chi connectivity index (χ2v) is 11.7. The van der Waals surface area contributed by atoms with E-state index in [-0.39, 0.29) is 26.2 Å². The molecule has 0 saturated carbocycles. The Hall–Kier alpha value is -0.400. The normalized spacial score (nSPS) is 27.3. The first-order valence-electron chi connectivity index (χ1n) is 8.32. The molecule has 0 amide bonds. The van der Waals surface area contributed by atoms with Crippen molar-refractivity contribution in [1.82, 2.24) is 0 Å². The van der Waals surface area contributed by atoms with Gasteiger partial charge < -0.3 is 0 Å². The minimum atomic E-state index is -0.968. The Morgan fingerprint density at radius 2 is 1.40 bits per heavy atom. The maximum atomic E-state index is 7.34. The largest absolute Gasteiger partial charge is 0.114 e. The summed E-state index contributed by atoms with van der Waals surface area (Å²) >= 11 is 14.6. The van der Waals surface area contributed by atoms with Gasteiger partial charge in [0, 0.05) is 26.2 Å². The molecule has 0 fully saturated rings. The predicted molar refractivity (Wildman–Crippen MR) is 108 cm³/mol. The standard InChI is InChI=1S/C21H20Cl2Si.Zr/c1-13-12-16-8-4-6-10-18(16)20(13,22)24-21(23)15(3)14(2)17-9-5-7-11-19(17)21;/h4-12H,24H2,1-3H3;. The molecule has 0 saturated heterocycles. The summed E-state index contributed by atoms with van der Waals surface area (Å²) in [5.74, 6) is 0. The number of hydrogen-bond donors (Lipinski definition) is 0. The second-order valence-electron chi connectivity index (χ2n) is 6.99. The van der Waals surface area contributed by atoms with Crippen molar-refractivity contribution >= 4 is 44.4 Å². The van der Waals surface area contributed by atoms with Crippen molar-refractivity contribution in [3.05, 3.63) is 81.9 Å². The maximum Gasteiger partial charge on any atom is 0.0923 e. The average molecular weight is 463 g/mol. The molecule has 2 atom stereocenters. The van der Waals surface area contributed by atoms with Gasteiger partial charge >= 0.3 is 0 Å². The first kappa shape index (κ1) is 19.4. The summed E-state index contributed by atoms with van der Waals surface area (Å²) in [7, 11) is -0.968. The van der Waals surface area contributed by atoms with Gasteiger partial charge in [-0.15, -0.1) is 23.2 Å². The fourth-order valence-corrected chi connectivity index (χ4v) is 8.73. The molecule has 0 aromatic heterocycles. The third-order valence-electron chi connectivity index (χ3n) is 5.79. The van der Waals surface area contributed by atoms with Crippen LogP contribution in [0.4, 0.5) is 0 Å². The zero-order valence-electron chi connectivity index (χ0n) is 14.7. The molecule has 4 heteroatoms. The Labute approximate surface area is 181 Å². The van der Waals surface area contributed by atoms with Crippen LogP contribution < -0.4 is 0 Å². The van der Waals surface area contributed by atoms with E-state index in [4.69, 9.17) is 23.2 Å². The molecular formula is C21H20Cl2SiZr. The van der Waals surface area contributed by atoms with Crippen molar-refractivity contribution in [2.45, 2.75) is 29.8 Å².